The van der Waals surface area contributed by atoms with Gasteiger partial charge >= 0.3 is 5.97 Å². The Kier molecular flexibility index (Phi) is 12.9. The zero-order chi connectivity index (χ0) is 27.3. The summed E-state index contributed by atoms with van der Waals surface area (Å²) < 4.78 is 5.41. The van der Waals surface area contributed by atoms with Crippen molar-refractivity contribution in [2.75, 3.05) is 19.7 Å². The average Bonchev–Trinajstić information content (AvgIpc) is 3.15. The molecule has 1 amide bonds. The minimum atomic E-state index is -0.896. The fourth-order valence-corrected chi connectivity index (χ4v) is 6.20. The highest BCUT2D eigenvalue weighted by Gasteiger charge is 2.47. The standard InChI is InChI=1S/C30H51N3O4/c1-5-7-8-20-37-27(35)13-10-16-30(15-9-12-25(4)34,33(6-2)19-11-18-31)28(36)32-29-17-14-26(23-29)21-24(3)22-29/h6,14,24H,2,5,7-13,15-23,31H2,1,3-4H3,(H,32,36). The fourth-order valence-electron chi connectivity index (χ4n) is 6.20. The highest BCUT2D eigenvalue weighted by Crippen LogP contribution is 2.44. The van der Waals surface area contributed by atoms with Crippen LogP contribution in [-0.4, -0.2) is 53.3 Å². The van der Waals surface area contributed by atoms with Crippen molar-refractivity contribution in [2.45, 2.75) is 122 Å². The number of hydrogen-bond donors (Lipinski definition) is 2. The summed E-state index contributed by atoms with van der Waals surface area (Å²) in [4.78, 5) is 40.6. The van der Waals surface area contributed by atoms with Crippen LogP contribution >= 0.6 is 0 Å². The monoisotopic (exact) mass is 517 g/mol. The lowest BCUT2D eigenvalue weighted by atomic mass is 9.76. The maximum atomic E-state index is 14.3. The van der Waals surface area contributed by atoms with Crippen LogP contribution in [0, 0.1) is 5.92 Å². The largest absolute Gasteiger partial charge is 0.466 e. The summed E-state index contributed by atoms with van der Waals surface area (Å²) in [7, 11) is 0. The minimum Gasteiger partial charge on any atom is -0.466 e. The molecule has 2 aliphatic rings. The zero-order valence-corrected chi connectivity index (χ0v) is 23.6. The minimum absolute atomic E-state index is 0.0203. The van der Waals surface area contributed by atoms with Gasteiger partial charge in [-0.05, 0) is 89.8 Å². The van der Waals surface area contributed by atoms with E-state index in [0.29, 0.717) is 57.7 Å². The summed E-state index contributed by atoms with van der Waals surface area (Å²) in [5.74, 6) is 0.408. The third-order valence-corrected chi connectivity index (χ3v) is 7.97. The first-order chi connectivity index (χ1) is 17.7. The van der Waals surface area contributed by atoms with Crippen LogP contribution < -0.4 is 11.1 Å². The van der Waals surface area contributed by atoms with E-state index in [-0.39, 0.29) is 29.6 Å². The van der Waals surface area contributed by atoms with Crippen LogP contribution in [0.3, 0.4) is 0 Å². The molecule has 7 heteroatoms. The third kappa shape index (κ3) is 9.27. The molecule has 1 saturated carbocycles. The number of nitrogens with one attached hydrogen (secondary N) is 1. The van der Waals surface area contributed by atoms with Gasteiger partial charge < -0.3 is 25.5 Å². The first-order valence-electron chi connectivity index (χ1n) is 14.4. The fraction of sp³-hybridized carbons (Fsp3) is 0.767. The van der Waals surface area contributed by atoms with Crippen LogP contribution in [0.5, 0.6) is 0 Å². The molecule has 2 rings (SSSR count). The lowest BCUT2D eigenvalue weighted by Crippen LogP contribution is -2.62. The smallest absolute Gasteiger partial charge is 0.305 e. The van der Waals surface area contributed by atoms with Crippen LogP contribution in [0.1, 0.15) is 111 Å². The van der Waals surface area contributed by atoms with E-state index in [9.17, 15) is 14.4 Å². The first-order valence-corrected chi connectivity index (χ1v) is 14.4. The lowest BCUT2D eigenvalue weighted by molar-refractivity contribution is -0.145. The number of hydrogen-bond acceptors (Lipinski definition) is 6. The molecule has 0 radical (unpaired) electrons. The number of esters is 1. The van der Waals surface area contributed by atoms with Gasteiger partial charge in [-0.25, -0.2) is 0 Å². The molecule has 37 heavy (non-hydrogen) atoms. The molecule has 210 valence electrons. The van der Waals surface area contributed by atoms with Gasteiger partial charge in [-0.2, -0.15) is 0 Å². The van der Waals surface area contributed by atoms with Crippen molar-refractivity contribution >= 4 is 17.7 Å². The molecule has 7 nitrogen and oxygen atoms in total. The van der Waals surface area contributed by atoms with Crippen molar-refractivity contribution < 1.29 is 19.1 Å². The molecule has 3 unspecified atom stereocenters. The predicted molar refractivity (Wildman–Crippen MR) is 149 cm³/mol. The maximum Gasteiger partial charge on any atom is 0.305 e. The number of rotatable bonds is 19. The molecule has 3 atom stereocenters. The molecular formula is C30H51N3O4. The van der Waals surface area contributed by atoms with E-state index in [1.807, 2.05) is 4.90 Å². The Balaban J connectivity index is 2.24. The molecule has 0 aromatic rings. The molecule has 0 heterocycles. The highest BCUT2D eigenvalue weighted by molar-refractivity contribution is 5.87. The van der Waals surface area contributed by atoms with Crippen LogP contribution in [0.25, 0.3) is 0 Å². The third-order valence-electron chi connectivity index (χ3n) is 7.97. The Hall–Kier alpha value is -2.15. The van der Waals surface area contributed by atoms with E-state index in [1.54, 1.807) is 13.1 Å². The average molecular weight is 518 g/mol. The van der Waals surface area contributed by atoms with Gasteiger partial charge in [0, 0.05) is 24.9 Å². The molecule has 2 aliphatic carbocycles. The van der Waals surface area contributed by atoms with Crippen LogP contribution in [0.2, 0.25) is 0 Å². The molecule has 0 saturated heterocycles. The number of unbranched alkanes of at least 4 members (excludes halogenated alkanes) is 2. The number of carbonyl (C=O) groups excluding carboxylic acids is 3. The van der Waals surface area contributed by atoms with Crippen LogP contribution in [0.4, 0.5) is 0 Å². The molecule has 1 fully saturated rings. The summed E-state index contributed by atoms with van der Waals surface area (Å²) in [6.45, 7) is 11.6. The van der Waals surface area contributed by atoms with Gasteiger partial charge in [0.2, 0.25) is 5.91 Å². The van der Waals surface area contributed by atoms with E-state index in [1.165, 1.54) is 5.57 Å². The maximum absolute atomic E-state index is 14.3. The Morgan fingerprint density at radius 1 is 1.22 bits per heavy atom. The normalized spacial score (nSPS) is 22.1. The molecule has 0 aromatic carbocycles. The zero-order valence-electron chi connectivity index (χ0n) is 23.6. The number of amides is 1. The van der Waals surface area contributed by atoms with E-state index in [0.717, 1.165) is 51.4 Å². The number of fused-ring (bicyclic) bond motifs is 2. The van der Waals surface area contributed by atoms with Crippen molar-refractivity contribution in [3.05, 3.63) is 24.4 Å². The Morgan fingerprint density at radius 3 is 2.59 bits per heavy atom. The van der Waals surface area contributed by atoms with Crippen molar-refractivity contribution in [1.29, 1.82) is 0 Å². The van der Waals surface area contributed by atoms with Gasteiger partial charge in [0.25, 0.3) is 0 Å². The number of nitrogens with two attached hydrogens (primary N) is 1. The molecule has 0 aromatic heterocycles. The number of nitrogens with zero attached hydrogens (tertiary/aromatic N) is 1. The number of Topliss-reactive ketones (excluding diaryl/α,β-unsaturated/α-hetero) is 1. The number of carbonyl (C=O) groups is 3. The van der Waals surface area contributed by atoms with E-state index >= 15 is 0 Å². The SMILES string of the molecule is C=CN(CCCN)C(CCCC(C)=O)(CCCC(=O)OCCCCC)C(=O)NC12CC=C(CC(C)C1)C2. The topological polar surface area (TPSA) is 102 Å². The van der Waals surface area contributed by atoms with E-state index in [2.05, 4.69) is 31.8 Å². The predicted octanol–water partition coefficient (Wildman–Crippen LogP) is 5.19. The Labute approximate surface area is 224 Å². The molecule has 0 spiro atoms. The van der Waals surface area contributed by atoms with Crippen molar-refractivity contribution in [3.63, 3.8) is 0 Å². The second-order valence-electron chi connectivity index (χ2n) is 11.4. The van der Waals surface area contributed by atoms with Gasteiger partial charge in [-0.3, -0.25) is 9.59 Å². The summed E-state index contributed by atoms with van der Waals surface area (Å²) in [6.07, 6.45) is 14.4. The molecule has 2 bridgehead atoms. The van der Waals surface area contributed by atoms with E-state index < -0.39 is 5.54 Å². The number of ether oxygens (including phenoxy) is 1. The van der Waals surface area contributed by atoms with Crippen LogP contribution in [0.15, 0.2) is 24.4 Å². The molecular weight excluding hydrogens is 466 g/mol. The Bertz CT molecular complexity index is 811. The summed E-state index contributed by atoms with van der Waals surface area (Å²) in [5, 5.41) is 3.50. The van der Waals surface area contributed by atoms with Gasteiger partial charge in [-0.15, -0.1) is 0 Å². The first kappa shape index (κ1) is 31.1. The van der Waals surface area contributed by atoms with Gasteiger partial charge in [0.1, 0.15) is 11.3 Å². The second-order valence-corrected chi connectivity index (χ2v) is 11.4. The highest BCUT2D eigenvalue weighted by atomic mass is 16.5. The molecule has 0 aliphatic heterocycles. The summed E-state index contributed by atoms with van der Waals surface area (Å²) >= 11 is 0. The van der Waals surface area contributed by atoms with Gasteiger partial charge in [-0.1, -0.05) is 44.9 Å². The second kappa shape index (κ2) is 15.3. The lowest BCUT2D eigenvalue weighted by Gasteiger charge is -2.46. The number of ketones is 1. The quantitative estimate of drug-likeness (QED) is 0.139. The van der Waals surface area contributed by atoms with Gasteiger partial charge in [0.05, 0.1) is 6.61 Å². The van der Waals surface area contributed by atoms with Crippen molar-refractivity contribution in [1.82, 2.24) is 10.2 Å². The molecule has 3 N–H and O–H groups in total. The van der Waals surface area contributed by atoms with Crippen molar-refractivity contribution in [2.24, 2.45) is 11.7 Å². The summed E-state index contributed by atoms with van der Waals surface area (Å²) in [6, 6.07) is 0. The van der Waals surface area contributed by atoms with Crippen LogP contribution in [-0.2, 0) is 19.1 Å². The van der Waals surface area contributed by atoms with Crippen molar-refractivity contribution in [3.8, 4) is 0 Å². The summed E-state index contributed by atoms with van der Waals surface area (Å²) in [5.41, 5.74) is 6.14. The van der Waals surface area contributed by atoms with Gasteiger partial charge in [0.15, 0.2) is 0 Å². The Morgan fingerprint density at radius 2 is 1.95 bits per heavy atom. The van der Waals surface area contributed by atoms with E-state index in [4.69, 9.17) is 10.5 Å².